The molecule has 0 atom stereocenters. The van der Waals surface area contributed by atoms with Crippen molar-refractivity contribution >= 4 is 23.3 Å². The van der Waals surface area contributed by atoms with Crippen molar-refractivity contribution in [1.29, 1.82) is 0 Å². The van der Waals surface area contributed by atoms with Crippen LogP contribution in [0.3, 0.4) is 0 Å². The van der Waals surface area contributed by atoms with Crippen molar-refractivity contribution in [2.45, 2.75) is 0 Å². The van der Waals surface area contributed by atoms with Gasteiger partial charge in [0.2, 0.25) is 5.91 Å². The predicted octanol–water partition coefficient (Wildman–Crippen LogP) is 2.39. The summed E-state index contributed by atoms with van der Waals surface area (Å²) in [4.78, 5) is 17.7. The highest BCUT2D eigenvalue weighted by Crippen LogP contribution is 2.23. The Balaban J connectivity index is 2.16. The molecule has 0 N–H and O–H groups in total. The third-order valence-electron chi connectivity index (χ3n) is 2.01. The van der Waals surface area contributed by atoms with Crippen LogP contribution in [0.2, 0.25) is 0 Å². The van der Waals surface area contributed by atoms with Crippen LogP contribution in [0.4, 0.5) is 0 Å². The molecule has 2 aromatic heterocycles. The molecule has 8 heteroatoms. The van der Waals surface area contributed by atoms with Gasteiger partial charge in [0, 0.05) is 29.1 Å². The van der Waals surface area contributed by atoms with E-state index in [2.05, 4.69) is 20.1 Å². The molecule has 0 aromatic carbocycles. The fourth-order valence-electron chi connectivity index (χ4n) is 1.26. The van der Waals surface area contributed by atoms with E-state index < -0.39 is 5.91 Å². The molecule has 0 spiro atoms. The van der Waals surface area contributed by atoms with Crippen molar-refractivity contribution < 1.29 is 4.79 Å². The largest absolute Gasteiger partial charge is 0.288 e. The van der Waals surface area contributed by atoms with Crippen LogP contribution in [0.25, 0.3) is 27.1 Å². The van der Waals surface area contributed by atoms with Gasteiger partial charge in [-0.2, -0.15) is 5.10 Å². The van der Waals surface area contributed by atoms with Crippen LogP contribution < -0.4 is 0 Å². The lowest BCUT2D eigenvalue weighted by Crippen LogP contribution is -1.84. The molecule has 0 saturated heterocycles. The van der Waals surface area contributed by atoms with E-state index in [9.17, 15) is 4.79 Å². The predicted molar refractivity (Wildman–Crippen MR) is 67.5 cm³/mol. The molecule has 0 bridgehead atoms. The highest BCUT2D eigenvalue weighted by atomic mass is 32.1. The standard InChI is InChI=1S/C10H8N6OS/c1-16-5-7(4-12-16)10-13-8(6-18-10)2-3-9(17)14-15-11/h2-6H,1H3. The molecule has 0 aliphatic heterocycles. The summed E-state index contributed by atoms with van der Waals surface area (Å²) in [5.74, 6) is -0.645. The van der Waals surface area contributed by atoms with E-state index in [0.29, 0.717) is 5.69 Å². The number of aromatic nitrogens is 3. The average molecular weight is 260 g/mol. The molecule has 18 heavy (non-hydrogen) atoms. The highest BCUT2D eigenvalue weighted by Gasteiger charge is 2.05. The van der Waals surface area contributed by atoms with Gasteiger partial charge >= 0.3 is 0 Å². The van der Waals surface area contributed by atoms with Crippen molar-refractivity contribution in [3.8, 4) is 10.6 Å². The smallest absolute Gasteiger partial charge is 0.242 e. The van der Waals surface area contributed by atoms with Crippen molar-refractivity contribution in [2.75, 3.05) is 0 Å². The lowest BCUT2D eigenvalue weighted by Gasteiger charge is -1.86. The third kappa shape index (κ3) is 2.82. The summed E-state index contributed by atoms with van der Waals surface area (Å²) in [6.45, 7) is 0. The van der Waals surface area contributed by atoms with Crippen LogP contribution in [0.15, 0.2) is 29.0 Å². The molecule has 2 heterocycles. The molecule has 1 amide bonds. The minimum atomic E-state index is -0.645. The Labute approximate surface area is 106 Å². The molecule has 90 valence electrons. The quantitative estimate of drug-likeness (QED) is 0.367. The average Bonchev–Trinajstić information content (AvgIpc) is 2.95. The summed E-state index contributed by atoms with van der Waals surface area (Å²) in [6.07, 6.45) is 6.27. The lowest BCUT2D eigenvalue weighted by atomic mass is 10.3. The first-order chi connectivity index (χ1) is 8.69. The molecule has 0 aliphatic rings. The van der Waals surface area contributed by atoms with E-state index in [0.717, 1.165) is 10.6 Å². The molecule has 0 aliphatic carbocycles. The maximum absolute atomic E-state index is 11.0. The Morgan fingerprint density at radius 1 is 1.67 bits per heavy atom. The van der Waals surface area contributed by atoms with Gasteiger partial charge in [-0.25, -0.2) is 4.98 Å². The van der Waals surface area contributed by atoms with Gasteiger partial charge in [0.25, 0.3) is 0 Å². The van der Waals surface area contributed by atoms with E-state index in [-0.39, 0.29) is 0 Å². The first-order valence-corrected chi connectivity index (χ1v) is 5.78. The summed E-state index contributed by atoms with van der Waals surface area (Å²) in [5.41, 5.74) is 9.63. The van der Waals surface area contributed by atoms with E-state index in [1.54, 1.807) is 10.9 Å². The number of thiazole rings is 1. The molecule has 0 unspecified atom stereocenters. The van der Waals surface area contributed by atoms with Crippen LogP contribution in [-0.4, -0.2) is 20.7 Å². The van der Waals surface area contributed by atoms with Crippen LogP contribution in [0, 0.1) is 0 Å². The number of amides is 1. The Hall–Kier alpha value is -2.44. The number of rotatable bonds is 3. The fourth-order valence-corrected chi connectivity index (χ4v) is 2.02. The van der Waals surface area contributed by atoms with Gasteiger partial charge in [-0.1, -0.05) is 0 Å². The van der Waals surface area contributed by atoms with Crippen molar-refractivity contribution in [3.63, 3.8) is 0 Å². The summed E-state index contributed by atoms with van der Waals surface area (Å²) < 4.78 is 1.69. The zero-order valence-electron chi connectivity index (χ0n) is 9.39. The molecule has 0 saturated carbocycles. The summed E-state index contributed by atoms with van der Waals surface area (Å²) in [6, 6.07) is 0. The zero-order chi connectivity index (χ0) is 13.0. The second-order valence-corrected chi connectivity index (χ2v) is 4.20. The second-order valence-electron chi connectivity index (χ2n) is 3.34. The number of carbonyl (C=O) groups is 1. The number of aryl methyl sites for hydroxylation is 1. The van der Waals surface area contributed by atoms with Crippen LogP contribution in [0.1, 0.15) is 5.69 Å². The maximum Gasteiger partial charge on any atom is 0.242 e. The van der Waals surface area contributed by atoms with E-state index in [1.165, 1.54) is 23.5 Å². The molecule has 2 aromatic rings. The minimum Gasteiger partial charge on any atom is -0.288 e. The maximum atomic E-state index is 11.0. The second kappa shape index (κ2) is 5.26. The molecular weight excluding hydrogens is 252 g/mol. The van der Waals surface area contributed by atoms with E-state index >= 15 is 0 Å². The number of azide groups is 1. The first kappa shape index (κ1) is 12.0. The monoisotopic (exact) mass is 260 g/mol. The van der Waals surface area contributed by atoms with Gasteiger partial charge in [-0.3, -0.25) is 9.48 Å². The van der Waals surface area contributed by atoms with Crippen molar-refractivity contribution in [3.05, 3.63) is 40.0 Å². The van der Waals surface area contributed by atoms with Gasteiger partial charge in [-0.05, 0) is 22.8 Å². The van der Waals surface area contributed by atoms with E-state index in [4.69, 9.17) is 5.53 Å². The fraction of sp³-hybridized carbons (Fsp3) is 0.100. The summed E-state index contributed by atoms with van der Waals surface area (Å²) in [7, 11) is 1.83. The number of hydrogen-bond donors (Lipinski definition) is 0. The molecule has 0 radical (unpaired) electrons. The van der Waals surface area contributed by atoms with Gasteiger partial charge in [0.1, 0.15) is 5.01 Å². The van der Waals surface area contributed by atoms with Crippen LogP contribution in [0.5, 0.6) is 0 Å². The van der Waals surface area contributed by atoms with E-state index in [1.807, 2.05) is 18.6 Å². The van der Waals surface area contributed by atoms with Gasteiger partial charge < -0.3 is 0 Å². The molecule has 7 nitrogen and oxygen atoms in total. The van der Waals surface area contributed by atoms with Gasteiger partial charge in [0.05, 0.1) is 11.9 Å². The minimum absolute atomic E-state index is 0.639. The molecular formula is C10H8N6OS. The Kier molecular flexibility index (Phi) is 3.52. The van der Waals surface area contributed by atoms with Crippen LogP contribution in [-0.2, 0) is 11.8 Å². The number of carbonyl (C=O) groups excluding carboxylic acids is 1. The SMILES string of the molecule is Cn1cc(-c2nc(C=CC(=O)N=[N+]=[N-])cs2)cn1. The van der Waals surface area contributed by atoms with Crippen molar-refractivity contribution in [2.24, 2.45) is 12.2 Å². The third-order valence-corrected chi connectivity index (χ3v) is 2.92. The lowest BCUT2D eigenvalue weighted by molar-refractivity contribution is -0.113. The number of nitrogens with zero attached hydrogens (tertiary/aromatic N) is 6. The number of hydrogen-bond acceptors (Lipinski definition) is 4. The Bertz CT molecular complexity index is 649. The van der Waals surface area contributed by atoms with Crippen molar-refractivity contribution in [1.82, 2.24) is 14.8 Å². The normalized spacial score (nSPS) is 10.5. The summed E-state index contributed by atoms with van der Waals surface area (Å²) >= 11 is 1.45. The Morgan fingerprint density at radius 2 is 2.50 bits per heavy atom. The summed E-state index contributed by atoms with van der Waals surface area (Å²) in [5, 5.41) is 9.61. The van der Waals surface area contributed by atoms with Gasteiger partial charge in [0.15, 0.2) is 0 Å². The Morgan fingerprint density at radius 3 is 3.17 bits per heavy atom. The zero-order valence-corrected chi connectivity index (χ0v) is 10.2. The highest BCUT2D eigenvalue weighted by molar-refractivity contribution is 7.13. The first-order valence-electron chi connectivity index (χ1n) is 4.91. The molecule has 2 rings (SSSR count). The van der Waals surface area contributed by atoms with Crippen LogP contribution >= 0.6 is 11.3 Å². The van der Waals surface area contributed by atoms with Gasteiger partial charge in [-0.15, -0.1) is 11.3 Å². The molecule has 0 fully saturated rings. The topological polar surface area (TPSA) is 96.5 Å².